The van der Waals surface area contributed by atoms with Crippen LogP contribution < -0.4 is 4.90 Å². The van der Waals surface area contributed by atoms with Crippen molar-refractivity contribution in [2.24, 2.45) is 11.3 Å². The zero-order valence-corrected chi connectivity index (χ0v) is 24.4. The van der Waals surface area contributed by atoms with Crippen LogP contribution in [0.25, 0.3) is 10.8 Å². The van der Waals surface area contributed by atoms with E-state index >= 15 is 0 Å². The number of carbonyl (C=O) groups excluding carboxylic acids is 2. The molecule has 1 saturated heterocycles. The number of ether oxygens (including phenoxy) is 1. The van der Waals surface area contributed by atoms with Gasteiger partial charge in [-0.3, -0.25) is 14.4 Å². The lowest BCUT2D eigenvalue weighted by Crippen LogP contribution is -2.47. The summed E-state index contributed by atoms with van der Waals surface area (Å²) in [4.78, 5) is 42.1. The average Bonchev–Trinajstić information content (AvgIpc) is 3.06. The fraction of sp³-hybridized carbons (Fsp3) is 0.424. The van der Waals surface area contributed by atoms with E-state index in [1.165, 1.54) is 15.9 Å². The summed E-state index contributed by atoms with van der Waals surface area (Å²) in [5.74, 6) is -2.31. The van der Waals surface area contributed by atoms with Crippen molar-refractivity contribution in [1.29, 1.82) is 0 Å². The first-order chi connectivity index (χ1) is 20.2. The Labute approximate surface area is 248 Å². The van der Waals surface area contributed by atoms with Crippen LogP contribution >= 0.6 is 0 Å². The summed E-state index contributed by atoms with van der Waals surface area (Å²) in [7, 11) is 0. The number of alkyl halides is 3. The predicted octanol–water partition coefficient (Wildman–Crippen LogP) is 6.44. The van der Waals surface area contributed by atoms with Crippen LogP contribution in [0, 0.1) is 11.3 Å². The molecule has 43 heavy (non-hydrogen) atoms. The standard InChI is InChI=1S/C33H35F3N2O5/c1-32(2,3)19-38-26-12-11-22(33(34,35)36)17-25(26)29(24-10-6-8-20-7-4-5-9-23(20)24)43-27(30(38)40)18-28(39)37-15-13-21(14-16-37)31(41)42/h4-12,17,21,27,29H,13-16,18-19H2,1-3H3,(H,41,42). The van der Waals surface area contributed by atoms with Gasteiger partial charge in [0, 0.05) is 30.9 Å². The van der Waals surface area contributed by atoms with Crippen molar-refractivity contribution in [2.75, 3.05) is 24.5 Å². The van der Waals surface area contributed by atoms with Crippen molar-refractivity contribution < 1.29 is 37.4 Å². The number of rotatable bonds is 5. The van der Waals surface area contributed by atoms with E-state index < -0.39 is 47.2 Å². The van der Waals surface area contributed by atoms with Gasteiger partial charge in [0.25, 0.3) is 5.91 Å². The first kappa shape index (κ1) is 30.5. The number of carboxylic acids is 1. The molecule has 2 heterocycles. The number of hydrogen-bond donors (Lipinski definition) is 1. The number of benzene rings is 3. The van der Waals surface area contributed by atoms with Crippen LogP contribution in [0.5, 0.6) is 0 Å². The number of carboxylic acid groups (broad SMARTS) is 1. The molecule has 0 saturated carbocycles. The highest BCUT2D eigenvalue weighted by Gasteiger charge is 2.42. The number of hydrogen-bond acceptors (Lipinski definition) is 4. The Balaban J connectivity index is 1.61. The molecule has 2 unspecified atom stereocenters. The Hall–Kier alpha value is -3.92. The van der Waals surface area contributed by atoms with Crippen LogP contribution in [0.15, 0.2) is 60.7 Å². The zero-order chi connectivity index (χ0) is 31.1. The van der Waals surface area contributed by atoms with Gasteiger partial charge in [-0.1, -0.05) is 63.2 Å². The second-order valence-electron chi connectivity index (χ2n) is 12.5. The normalized spacial score (nSPS) is 20.2. The second kappa shape index (κ2) is 11.6. The highest BCUT2D eigenvalue weighted by atomic mass is 19.4. The van der Waals surface area contributed by atoms with E-state index in [4.69, 9.17) is 4.74 Å². The number of halogens is 3. The van der Waals surface area contributed by atoms with E-state index in [1.807, 2.05) is 51.1 Å². The van der Waals surface area contributed by atoms with E-state index in [-0.39, 0.29) is 37.5 Å². The van der Waals surface area contributed by atoms with Gasteiger partial charge in [0.1, 0.15) is 12.2 Å². The number of nitrogens with zero attached hydrogens (tertiary/aromatic N) is 2. The predicted molar refractivity (Wildman–Crippen MR) is 155 cm³/mol. The molecule has 2 aliphatic heterocycles. The van der Waals surface area contributed by atoms with Crippen molar-refractivity contribution >= 4 is 34.2 Å². The van der Waals surface area contributed by atoms with Crippen molar-refractivity contribution in [3.8, 4) is 0 Å². The van der Waals surface area contributed by atoms with Gasteiger partial charge >= 0.3 is 12.1 Å². The number of amides is 2. The lowest BCUT2D eigenvalue weighted by Gasteiger charge is -2.33. The van der Waals surface area contributed by atoms with Gasteiger partial charge in [0.2, 0.25) is 5.91 Å². The molecule has 2 amide bonds. The van der Waals surface area contributed by atoms with E-state index in [1.54, 1.807) is 12.1 Å². The molecule has 7 nitrogen and oxygen atoms in total. The van der Waals surface area contributed by atoms with E-state index in [2.05, 4.69) is 0 Å². The van der Waals surface area contributed by atoms with Crippen molar-refractivity contribution in [3.05, 3.63) is 77.4 Å². The Bertz CT molecular complexity index is 1530. The molecule has 5 rings (SSSR count). The van der Waals surface area contributed by atoms with Crippen molar-refractivity contribution in [3.63, 3.8) is 0 Å². The molecule has 0 aromatic heterocycles. The summed E-state index contributed by atoms with van der Waals surface area (Å²) in [6.45, 7) is 6.43. The minimum Gasteiger partial charge on any atom is -0.481 e. The molecule has 0 aliphatic carbocycles. The smallest absolute Gasteiger partial charge is 0.416 e. The number of likely N-dealkylation sites (tertiary alicyclic amines) is 1. The molecule has 0 radical (unpaired) electrons. The third-order valence-electron chi connectivity index (χ3n) is 8.07. The van der Waals surface area contributed by atoms with Gasteiger partial charge in [-0.2, -0.15) is 13.2 Å². The number of carbonyl (C=O) groups is 3. The number of aliphatic carboxylic acids is 1. The lowest BCUT2D eigenvalue weighted by molar-refractivity contribution is -0.148. The maximum absolute atomic E-state index is 14.2. The Morgan fingerprint density at radius 1 is 0.953 bits per heavy atom. The zero-order valence-electron chi connectivity index (χ0n) is 24.4. The summed E-state index contributed by atoms with van der Waals surface area (Å²) >= 11 is 0. The van der Waals surface area contributed by atoms with Crippen molar-refractivity contribution in [2.45, 2.75) is 58.4 Å². The molecule has 0 bridgehead atoms. The van der Waals surface area contributed by atoms with Gasteiger partial charge in [-0.15, -0.1) is 0 Å². The molecular formula is C33H35F3N2O5. The third-order valence-corrected chi connectivity index (χ3v) is 8.07. The second-order valence-corrected chi connectivity index (χ2v) is 12.5. The highest BCUT2D eigenvalue weighted by Crippen LogP contribution is 2.44. The molecule has 228 valence electrons. The van der Waals surface area contributed by atoms with Crippen LogP contribution in [-0.4, -0.2) is 53.5 Å². The van der Waals surface area contributed by atoms with Gasteiger partial charge in [0.15, 0.2) is 0 Å². The van der Waals surface area contributed by atoms with Crippen LogP contribution in [0.4, 0.5) is 18.9 Å². The molecule has 0 spiro atoms. The minimum atomic E-state index is -4.62. The van der Waals surface area contributed by atoms with E-state index in [0.717, 1.165) is 22.9 Å². The van der Waals surface area contributed by atoms with E-state index in [9.17, 15) is 32.7 Å². The SMILES string of the molecule is CC(C)(C)CN1C(=O)C(CC(=O)N2CCC(C(=O)O)CC2)OC(c2cccc3ccccc23)c2cc(C(F)(F)F)ccc21. The van der Waals surface area contributed by atoms with Gasteiger partial charge in [-0.05, 0) is 52.8 Å². The summed E-state index contributed by atoms with van der Waals surface area (Å²) in [5, 5.41) is 11.0. The van der Waals surface area contributed by atoms with Crippen LogP contribution in [0.1, 0.15) is 62.8 Å². The van der Waals surface area contributed by atoms with Gasteiger partial charge < -0.3 is 19.6 Å². The number of fused-ring (bicyclic) bond motifs is 2. The van der Waals surface area contributed by atoms with Crippen molar-refractivity contribution in [1.82, 2.24) is 4.90 Å². The molecule has 3 aromatic rings. The molecular weight excluding hydrogens is 561 g/mol. The monoisotopic (exact) mass is 596 g/mol. The van der Waals surface area contributed by atoms with Crippen LogP contribution in [0.3, 0.4) is 0 Å². The summed E-state index contributed by atoms with van der Waals surface area (Å²) in [5.41, 5.74) is -0.200. The first-order valence-electron chi connectivity index (χ1n) is 14.4. The molecule has 2 aliphatic rings. The Morgan fingerprint density at radius 3 is 2.28 bits per heavy atom. The van der Waals surface area contributed by atoms with Crippen LogP contribution in [0.2, 0.25) is 0 Å². The molecule has 1 fully saturated rings. The fourth-order valence-corrected chi connectivity index (χ4v) is 5.93. The third kappa shape index (κ3) is 6.54. The molecule has 1 N–H and O–H groups in total. The summed E-state index contributed by atoms with van der Waals surface area (Å²) in [6, 6.07) is 16.2. The highest BCUT2D eigenvalue weighted by molar-refractivity contribution is 6.00. The van der Waals surface area contributed by atoms with Crippen LogP contribution in [-0.2, 0) is 25.3 Å². The molecule has 3 aromatic carbocycles. The maximum atomic E-state index is 14.2. The lowest BCUT2D eigenvalue weighted by atomic mass is 9.92. The topological polar surface area (TPSA) is 87.2 Å². The quantitative estimate of drug-likeness (QED) is 0.367. The van der Waals surface area contributed by atoms with E-state index in [0.29, 0.717) is 24.1 Å². The Kier molecular flexibility index (Phi) is 8.26. The van der Waals surface area contributed by atoms with Gasteiger partial charge in [-0.25, -0.2) is 0 Å². The number of piperidine rings is 1. The first-order valence-corrected chi connectivity index (χ1v) is 14.4. The largest absolute Gasteiger partial charge is 0.481 e. The Morgan fingerprint density at radius 2 is 1.63 bits per heavy atom. The molecule has 2 atom stereocenters. The van der Waals surface area contributed by atoms with Gasteiger partial charge in [0.05, 0.1) is 17.9 Å². The molecule has 10 heteroatoms. The maximum Gasteiger partial charge on any atom is 0.416 e. The average molecular weight is 597 g/mol. The summed E-state index contributed by atoms with van der Waals surface area (Å²) in [6.07, 6.45) is -6.69. The minimum absolute atomic E-state index is 0.185. The fourth-order valence-electron chi connectivity index (χ4n) is 5.93. The summed E-state index contributed by atoms with van der Waals surface area (Å²) < 4.78 is 48.5. The number of anilines is 1.